The lowest BCUT2D eigenvalue weighted by molar-refractivity contribution is -0.161. The Balaban J connectivity index is 5.49. The van der Waals surface area contributed by atoms with Gasteiger partial charge in [0.15, 0.2) is 12.2 Å². The van der Waals surface area contributed by atoms with Gasteiger partial charge in [0.2, 0.25) is 0 Å². The molecule has 0 aliphatic rings. The summed E-state index contributed by atoms with van der Waals surface area (Å²) in [6.07, 6.45) is 86.1. The summed E-state index contributed by atoms with van der Waals surface area (Å²) in [5, 5.41) is 10.6. The highest BCUT2D eigenvalue weighted by Gasteiger charge is 2.30. The Morgan fingerprint density at radius 3 is 0.798 bits per heavy atom. The van der Waals surface area contributed by atoms with Crippen LogP contribution in [0.3, 0.4) is 0 Å². The van der Waals surface area contributed by atoms with Crippen LogP contribution in [0.25, 0.3) is 0 Å². The molecule has 104 heavy (non-hydrogen) atoms. The van der Waals surface area contributed by atoms with Crippen LogP contribution in [0.5, 0.6) is 0 Å². The van der Waals surface area contributed by atoms with E-state index in [2.05, 4.69) is 125 Å². The first-order chi connectivity index (χ1) is 50.7. The summed E-state index contributed by atoms with van der Waals surface area (Å²) < 4.78 is 68.4. The number of hydrogen-bond donors (Lipinski definition) is 3. The van der Waals surface area contributed by atoms with Crippen molar-refractivity contribution in [2.45, 2.75) is 341 Å². The third-order valence-corrected chi connectivity index (χ3v) is 18.5. The molecule has 19 heteroatoms. The van der Waals surface area contributed by atoms with Crippen molar-refractivity contribution in [2.24, 2.45) is 0 Å². The average molecular weight is 1500 g/mol. The summed E-state index contributed by atoms with van der Waals surface area (Å²) in [7, 11) is -10.0. The van der Waals surface area contributed by atoms with Crippen molar-refractivity contribution < 1.29 is 80.2 Å². The fraction of sp³-hybridized carbons (Fsp3) is 0.694. The quantitative estimate of drug-likeness (QED) is 0.0169. The topological polar surface area (TPSA) is 237 Å². The number of aliphatic hydroxyl groups excluding tert-OH is 1. The van der Waals surface area contributed by atoms with Gasteiger partial charge in [0.25, 0.3) is 0 Å². The number of ether oxygens (including phenoxy) is 4. The molecule has 0 aromatic heterocycles. The van der Waals surface area contributed by atoms with Crippen LogP contribution < -0.4 is 0 Å². The monoisotopic (exact) mass is 1500 g/mol. The summed E-state index contributed by atoms with van der Waals surface area (Å²) in [5.41, 5.74) is 0. The van der Waals surface area contributed by atoms with E-state index < -0.39 is 97.5 Å². The second kappa shape index (κ2) is 76.4. The van der Waals surface area contributed by atoms with Gasteiger partial charge in [0.05, 0.1) is 26.4 Å². The van der Waals surface area contributed by atoms with Gasteiger partial charge >= 0.3 is 39.5 Å². The lowest BCUT2D eigenvalue weighted by atomic mass is 10.0. The molecule has 0 aromatic carbocycles. The number of unbranched alkanes of at least 4 members (excludes halogenated alkanes) is 27. The molecule has 0 aliphatic carbocycles. The van der Waals surface area contributed by atoms with Crippen LogP contribution in [0.4, 0.5) is 0 Å². The largest absolute Gasteiger partial charge is 0.472 e. The maximum Gasteiger partial charge on any atom is 0.472 e. The predicted molar refractivity (Wildman–Crippen MR) is 427 cm³/mol. The zero-order valence-electron chi connectivity index (χ0n) is 65.2. The van der Waals surface area contributed by atoms with Crippen molar-refractivity contribution in [3.05, 3.63) is 134 Å². The van der Waals surface area contributed by atoms with E-state index in [9.17, 15) is 43.2 Å². The van der Waals surface area contributed by atoms with Crippen LogP contribution in [0, 0.1) is 0 Å². The lowest BCUT2D eigenvalue weighted by Crippen LogP contribution is -2.30. The number of carbonyl (C=O) groups excluding carboxylic acids is 4. The lowest BCUT2D eigenvalue weighted by Gasteiger charge is -2.21. The van der Waals surface area contributed by atoms with Gasteiger partial charge in [-0.3, -0.25) is 37.3 Å². The Hall–Kier alpha value is -4.80. The molecule has 0 radical (unpaired) electrons. The fourth-order valence-electron chi connectivity index (χ4n) is 10.4. The number of hydrogen-bond acceptors (Lipinski definition) is 15. The van der Waals surface area contributed by atoms with Crippen LogP contribution in [-0.4, -0.2) is 96.7 Å². The molecule has 0 amide bonds. The third-order valence-electron chi connectivity index (χ3n) is 16.6. The summed E-state index contributed by atoms with van der Waals surface area (Å²) in [6.45, 7) is 4.64. The number of allylic oxidation sites excluding steroid dienone is 22. The van der Waals surface area contributed by atoms with E-state index in [4.69, 9.17) is 37.0 Å². The maximum atomic E-state index is 13.1. The van der Waals surface area contributed by atoms with Crippen LogP contribution >= 0.6 is 15.6 Å². The third kappa shape index (κ3) is 75.4. The molecule has 0 aromatic rings. The molecule has 596 valence electrons. The number of phosphoric ester groups is 2. The zero-order chi connectivity index (χ0) is 76.0. The molecule has 3 N–H and O–H groups in total. The van der Waals surface area contributed by atoms with Gasteiger partial charge in [-0.05, 0) is 128 Å². The molecule has 0 bridgehead atoms. The van der Waals surface area contributed by atoms with Crippen molar-refractivity contribution in [1.82, 2.24) is 0 Å². The van der Waals surface area contributed by atoms with Gasteiger partial charge in [-0.25, -0.2) is 9.13 Å². The summed E-state index contributed by atoms with van der Waals surface area (Å²) in [5.74, 6) is -2.37. The molecule has 2 unspecified atom stereocenters. The number of carbonyl (C=O) groups is 4. The van der Waals surface area contributed by atoms with Crippen LogP contribution in [0.2, 0.25) is 0 Å². The SMILES string of the molecule is CCCCC/C=C\C/C=C\C/C=C\C/C=C\C/C=C\CCC(=O)O[C@H](COC(=O)CCCCCCC/C=C\CCCCCC)COP(=O)(O)OC[C@@H](O)COP(=O)(O)OC[C@@H](COC(=O)CCCCCCCCCCCCCCC)OC(=O)CC/C=C\C/C=C\C/C=C\C/C=C\C/C=C\CCCCC. The smallest absolute Gasteiger partial charge is 0.462 e. The standard InChI is InChI=1S/C85H144O17P2/c1-5-9-13-17-21-25-29-33-35-37-39-41-43-47-51-55-59-63-67-71-84(89)101-80(75-95-82(87)69-65-61-57-53-49-45-31-27-23-19-15-11-7-3)77-99-103(91,92)97-73-79(86)74-98-104(93,94)100-78-81(76-96-83(88)70-66-62-58-54-50-46-32-28-24-20-16-12-8-4)102-85(90)72-68-64-60-56-52-48-44-42-40-38-36-34-30-26-22-18-14-10-6-2/h21-22,25-27,31,33-36,39-42,47-48,51-52,59-60,63-64,79-81,86H,5-20,23-24,28-30,32,37-38,43-46,49-50,53-58,61-62,65-78H2,1-4H3,(H,91,92)(H,93,94)/b25-21-,26-22-,31-27-,35-33-,36-34-,41-39-,42-40-,51-47-,52-48-,63-59-,64-60-/t79-,80-,81-/m1/s1. The molecular weight excluding hydrogens is 1350 g/mol. The molecule has 17 nitrogen and oxygen atoms in total. The number of esters is 4. The molecular formula is C85H144O17P2. The molecule has 5 atom stereocenters. The van der Waals surface area contributed by atoms with E-state index in [1.807, 2.05) is 36.5 Å². The van der Waals surface area contributed by atoms with Crippen LogP contribution in [0.1, 0.15) is 323 Å². The van der Waals surface area contributed by atoms with Crippen molar-refractivity contribution in [3.63, 3.8) is 0 Å². The molecule has 0 saturated carbocycles. The highest BCUT2D eigenvalue weighted by Crippen LogP contribution is 2.45. The summed E-state index contributed by atoms with van der Waals surface area (Å²) in [4.78, 5) is 72.9. The van der Waals surface area contributed by atoms with Crippen LogP contribution in [-0.2, 0) is 65.4 Å². The molecule has 0 rings (SSSR count). The minimum atomic E-state index is -5.01. The Morgan fingerprint density at radius 1 is 0.269 bits per heavy atom. The van der Waals surface area contributed by atoms with Gasteiger partial charge < -0.3 is 33.8 Å². The second-order valence-corrected chi connectivity index (χ2v) is 29.6. The van der Waals surface area contributed by atoms with Crippen LogP contribution in [0.15, 0.2) is 134 Å². The van der Waals surface area contributed by atoms with E-state index in [0.717, 1.165) is 116 Å². The van der Waals surface area contributed by atoms with Crippen molar-refractivity contribution in [2.75, 3.05) is 39.6 Å². The first kappa shape index (κ1) is 99.2. The van der Waals surface area contributed by atoms with Gasteiger partial charge in [-0.2, -0.15) is 0 Å². The molecule has 0 spiro atoms. The molecule has 0 saturated heterocycles. The zero-order valence-corrected chi connectivity index (χ0v) is 66.9. The maximum absolute atomic E-state index is 13.1. The molecule has 0 heterocycles. The van der Waals surface area contributed by atoms with E-state index in [1.54, 1.807) is 0 Å². The van der Waals surface area contributed by atoms with E-state index >= 15 is 0 Å². The van der Waals surface area contributed by atoms with Crippen molar-refractivity contribution in [1.29, 1.82) is 0 Å². The highest BCUT2D eigenvalue weighted by atomic mass is 31.2. The van der Waals surface area contributed by atoms with E-state index in [0.29, 0.717) is 38.5 Å². The van der Waals surface area contributed by atoms with Gasteiger partial charge in [0, 0.05) is 25.7 Å². The second-order valence-electron chi connectivity index (χ2n) is 26.7. The van der Waals surface area contributed by atoms with E-state index in [1.165, 1.54) is 116 Å². The Bertz CT molecular complexity index is 2490. The summed E-state index contributed by atoms with van der Waals surface area (Å²) >= 11 is 0. The van der Waals surface area contributed by atoms with Gasteiger partial charge in [0.1, 0.15) is 19.3 Å². The molecule has 0 aliphatic heterocycles. The van der Waals surface area contributed by atoms with Crippen molar-refractivity contribution in [3.8, 4) is 0 Å². The first-order valence-corrected chi connectivity index (χ1v) is 43.4. The normalized spacial score (nSPS) is 14.6. The number of rotatable bonds is 75. The first-order valence-electron chi connectivity index (χ1n) is 40.4. The van der Waals surface area contributed by atoms with Gasteiger partial charge in [-0.1, -0.05) is 303 Å². The number of aliphatic hydroxyl groups is 1. The summed E-state index contributed by atoms with van der Waals surface area (Å²) in [6, 6.07) is 0. The average Bonchev–Trinajstić information content (AvgIpc) is 0.907. The van der Waals surface area contributed by atoms with Crippen molar-refractivity contribution >= 4 is 39.5 Å². The minimum absolute atomic E-state index is 0.0313. The number of phosphoric acid groups is 2. The Kier molecular flexibility index (Phi) is 72.9. The van der Waals surface area contributed by atoms with E-state index in [-0.39, 0.29) is 25.7 Å². The van der Waals surface area contributed by atoms with Gasteiger partial charge in [-0.15, -0.1) is 0 Å². The minimum Gasteiger partial charge on any atom is -0.462 e. The Labute approximate surface area is 631 Å². The fourth-order valence-corrected chi connectivity index (χ4v) is 12.0. The highest BCUT2D eigenvalue weighted by molar-refractivity contribution is 7.47. The molecule has 0 fully saturated rings. The predicted octanol–water partition coefficient (Wildman–Crippen LogP) is 23.7. The Morgan fingerprint density at radius 2 is 0.490 bits per heavy atom.